The van der Waals surface area contributed by atoms with Gasteiger partial charge in [0.1, 0.15) is 23.4 Å². The highest BCUT2D eigenvalue weighted by molar-refractivity contribution is 7.16. The van der Waals surface area contributed by atoms with E-state index in [0.717, 1.165) is 47.9 Å². The molecular weight excluding hydrogens is 486 g/mol. The van der Waals surface area contributed by atoms with Crippen molar-refractivity contribution in [1.29, 1.82) is 5.26 Å². The average Bonchev–Trinajstić information content (AvgIpc) is 3.32. The second-order valence-electron chi connectivity index (χ2n) is 9.50. The molecule has 186 valence electrons. The number of aliphatic imine (C=N–C) groups is 1. The molecule has 0 bridgehead atoms. The van der Waals surface area contributed by atoms with Gasteiger partial charge in [0.15, 0.2) is 0 Å². The summed E-state index contributed by atoms with van der Waals surface area (Å²) in [5.74, 6) is 0.817. The number of hydrogen-bond donors (Lipinski definition) is 0. The number of hydrogen-bond acceptors (Lipinski definition) is 5. The maximum Gasteiger partial charge on any atom is 0.134 e. The number of nitrogens with zero attached hydrogens (tertiary/aromatic N) is 3. The van der Waals surface area contributed by atoms with Gasteiger partial charge in [-0.1, -0.05) is 72.8 Å². The van der Waals surface area contributed by atoms with Crippen molar-refractivity contribution in [3.05, 3.63) is 130 Å². The Labute approximate surface area is 227 Å². The van der Waals surface area contributed by atoms with Gasteiger partial charge in [-0.25, -0.2) is 4.99 Å². The summed E-state index contributed by atoms with van der Waals surface area (Å²) in [7, 11) is 0. The van der Waals surface area contributed by atoms with Gasteiger partial charge in [0.05, 0.1) is 5.56 Å². The Kier molecular flexibility index (Phi) is 6.99. The predicted molar refractivity (Wildman–Crippen MR) is 155 cm³/mol. The lowest BCUT2D eigenvalue weighted by Crippen LogP contribution is -2.29. The first-order valence-electron chi connectivity index (χ1n) is 12.8. The van der Waals surface area contributed by atoms with E-state index in [0.29, 0.717) is 6.61 Å². The van der Waals surface area contributed by atoms with Gasteiger partial charge in [-0.15, -0.1) is 11.3 Å². The van der Waals surface area contributed by atoms with Gasteiger partial charge < -0.3 is 4.74 Å². The van der Waals surface area contributed by atoms with Crippen LogP contribution in [0.15, 0.2) is 102 Å². The van der Waals surface area contributed by atoms with Crippen molar-refractivity contribution < 1.29 is 4.74 Å². The van der Waals surface area contributed by atoms with Crippen LogP contribution in [0.3, 0.4) is 0 Å². The van der Waals surface area contributed by atoms with Gasteiger partial charge in [-0.2, -0.15) is 5.26 Å². The van der Waals surface area contributed by atoms with Crippen LogP contribution in [-0.4, -0.2) is 17.7 Å². The fourth-order valence-electron chi connectivity index (χ4n) is 4.99. The number of benzene rings is 4. The lowest BCUT2D eigenvalue weighted by Gasteiger charge is -2.26. The molecule has 38 heavy (non-hydrogen) atoms. The molecule has 2 heterocycles. The van der Waals surface area contributed by atoms with E-state index in [1.165, 1.54) is 32.3 Å². The number of fused-ring (bicyclic) bond motifs is 2. The Morgan fingerprint density at radius 1 is 0.921 bits per heavy atom. The van der Waals surface area contributed by atoms with Crippen molar-refractivity contribution >= 4 is 33.3 Å². The van der Waals surface area contributed by atoms with Gasteiger partial charge in [0, 0.05) is 30.7 Å². The van der Waals surface area contributed by atoms with Crippen LogP contribution in [0.2, 0.25) is 0 Å². The van der Waals surface area contributed by atoms with Crippen molar-refractivity contribution in [1.82, 2.24) is 4.90 Å². The maximum absolute atomic E-state index is 9.87. The van der Waals surface area contributed by atoms with Crippen LogP contribution >= 0.6 is 11.3 Å². The van der Waals surface area contributed by atoms with E-state index in [2.05, 4.69) is 77.7 Å². The van der Waals surface area contributed by atoms with Crippen molar-refractivity contribution in [3.8, 4) is 11.8 Å². The predicted octanol–water partition coefficient (Wildman–Crippen LogP) is 7.66. The van der Waals surface area contributed by atoms with E-state index in [1.807, 2.05) is 36.5 Å². The van der Waals surface area contributed by atoms with Gasteiger partial charge in [0.2, 0.25) is 0 Å². The highest BCUT2D eigenvalue weighted by atomic mass is 32.1. The molecule has 0 amide bonds. The summed E-state index contributed by atoms with van der Waals surface area (Å²) in [6.07, 6.45) is 2.73. The van der Waals surface area contributed by atoms with Gasteiger partial charge in [-0.05, 0) is 63.7 Å². The van der Waals surface area contributed by atoms with Crippen molar-refractivity contribution in [2.45, 2.75) is 26.1 Å². The number of thiophene rings is 1. The molecule has 0 saturated carbocycles. The van der Waals surface area contributed by atoms with E-state index >= 15 is 0 Å². The molecule has 0 radical (unpaired) electrons. The van der Waals surface area contributed by atoms with E-state index in [-0.39, 0.29) is 0 Å². The fraction of sp³-hybridized carbons (Fsp3) is 0.152. The smallest absolute Gasteiger partial charge is 0.134 e. The number of ether oxygens (including phenoxy) is 1. The van der Waals surface area contributed by atoms with Crippen LogP contribution in [0.1, 0.15) is 32.7 Å². The maximum atomic E-state index is 9.87. The molecule has 0 unspecified atom stereocenters. The Morgan fingerprint density at radius 3 is 2.55 bits per heavy atom. The molecule has 4 aromatic carbocycles. The first kappa shape index (κ1) is 24.1. The molecule has 4 nitrogen and oxygen atoms in total. The van der Waals surface area contributed by atoms with Crippen LogP contribution < -0.4 is 4.74 Å². The summed E-state index contributed by atoms with van der Waals surface area (Å²) in [6.45, 7) is 3.26. The van der Waals surface area contributed by atoms with Gasteiger partial charge in [0.25, 0.3) is 0 Å². The highest BCUT2D eigenvalue weighted by Crippen LogP contribution is 2.38. The zero-order valence-corrected chi connectivity index (χ0v) is 21.8. The van der Waals surface area contributed by atoms with Crippen LogP contribution in [0.25, 0.3) is 10.8 Å². The molecule has 1 aromatic heterocycles. The number of nitriles is 1. The molecule has 0 aliphatic carbocycles. The standard InChI is InChI=1S/C33H27N3OS/c34-19-31-30-17-18-36(21-25-7-2-1-3-8-25)22-32(30)38-33(31)35-20-24-13-15-28(16-14-24)37-23-27-11-6-10-26-9-4-5-12-29(26)27/h1-16,20H,17-18,21-23H2. The molecule has 0 atom stereocenters. The molecule has 0 fully saturated rings. The molecule has 0 N–H and O–H groups in total. The second kappa shape index (κ2) is 11.0. The molecular formula is C33H27N3OS. The van der Waals surface area contributed by atoms with Crippen LogP contribution in [0, 0.1) is 11.3 Å². The Bertz CT molecular complexity index is 1630. The Hall–Kier alpha value is -4.24. The minimum Gasteiger partial charge on any atom is -0.489 e. The van der Waals surface area contributed by atoms with Gasteiger partial charge in [-0.3, -0.25) is 4.90 Å². The van der Waals surface area contributed by atoms with Crippen molar-refractivity contribution in [2.24, 2.45) is 4.99 Å². The Morgan fingerprint density at radius 2 is 1.71 bits per heavy atom. The summed E-state index contributed by atoms with van der Waals surface area (Å²) in [5.41, 5.74) is 5.36. The van der Waals surface area contributed by atoms with Crippen LogP contribution in [0.4, 0.5) is 5.00 Å². The number of rotatable bonds is 7. The SMILES string of the molecule is N#Cc1c(N=Cc2ccc(OCc3cccc4ccccc34)cc2)sc2c1CCN(Cc1ccccc1)C2. The van der Waals surface area contributed by atoms with Crippen molar-refractivity contribution in [3.63, 3.8) is 0 Å². The van der Waals surface area contributed by atoms with Crippen molar-refractivity contribution in [2.75, 3.05) is 6.54 Å². The summed E-state index contributed by atoms with van der Waals surface area (Å²) < 4.78 is 6.07. The summed E-state index contributed by atoms with van der Waals surface area (Å²) in [6, 6.07) is 35.6. The minimum absolute atomic E-state index is 0.516. The second-order valence-corrected chi connectivity index (χ2v) is 10.6. The zero-order chi connectivity index (χ0) is 25.7. The minimum atomic E-state index is 0.516. The molecule has 5 heteroatoms. The normalized spacial score (nSPS) is 13.4. The Balaban J connectivity index is 1.12. The van der Waals surface area contributed by atoms with Crippen LogP contribution in [0.5, 0.6) is 5.75 Å². The topological polar surface area (TPSA) is 48.6 Å². The fourth-order valence-corrected chi connectivity index (χ4v) is 6.17. The first-order valence-corrected chi connectivity index (χ1v) is 13.6. The summed E-state index contributed by atoms with van der Waals surface area (Å²) in [4.78, 5) is 8.43. The van der Waals surface area contributed by atoms with E-state index in [9.17, 15) is 5.26 Å². The largest absolute Gasteiger partial charge is 0.489 e. The quantitative estimate of drug-likeness (QED) is 0.210. The van der Waals surface area contributed by atoms with E-state index < -0.39 is 0 Å². The monoisotopic (exact) mass is 513 g/mol. The molecule has 0 spiro atoms. The summed E-state index contributed by atoms with van der Waals surface area (Å²) >= 11 is 1.64. The van der Waals surface area contributed by atoms with Crippen LogP contribution in [-0.2, 0) is 26.1 Å². The lowest BCUT2D eigenvalue weighted by atomic mass is 10.0. The zero-order valence-electron chi connectivity index (χ0n) is 21.0. The molecule has 6 rings (SSSR count). The van der Waals surface area contributed by atoms with E-state index in [4.69, 9.17) is 9.73 Å². The third-order valence-corrected chi connectivity index (χ3v) is 8.09. The third-order valence-electron chi connectivity index (χ3n) is 6.96. The first-order chi connectivity index (χ1) is 18.8. The third kappa shape index (κ3) is 5.24. The van der Waals surface area contributed by atoms with Gasteiger partial charge >= 0.3 is 0 Å². The summed E-state index contributed by atoms with van der Waals surface area (Å²) in [5, 5.41) is 13.1. The molecule has 5 aromatic rings. The van der Waals surface area contributed by atoms with E-state index in [1.54, 1.807) is 11.3 Å². The average molecular weight is 514 g/mol. The lowest BCUT2D eigenvalue weighted by molar-refractivity contribution is 0.249. The highest BCUT2D eigenvalue weighted by Gasteiger charge is 2.24. The molecule has 1 aliphatic heterocycles. The molecule has 0 saturated heterocycles. The molecule has 1 aliphatic rings.